The Bertz CT molecular complexity index is 422. The highest BCUT2D eigenvalue weighted by Crippen LogP contribution is 2.17. The van der Waals surface area contributed by atoms with E-state index in [0.29, 0.717) is 18.5 Å². The predicted octanol–water partition coefficient (Wildman–Crippen LogP) is 1.12. The second kappa shape index (κ2) is 5.87. The van der Waals surface area contributed by atoms with E-state index in [1.54, 1.807) is 24.3 Å². The Labute approximate surface area is 100 Å². The van der Waals surface area contributed by atoms with Crippen LogP contribution in [0.2, 0.25) is 0 Å². The first kappa shape index (κ1) is 13.0. The van der Waals surface area contributed by atoms with Gasteiger partial charge in [0.1, 0.15) is 6.04 Å². The molecule has 0 spiro atoms. The second-order valence-corrected chi connectivity index (χ2v) is 3.74. The van der Waals surface area contributed by atoms with Gasteiger partial charge in [0.2, 0.25) is 0 Å². The lowest BCUT2D eigenvalue weighted by Crippen LogP contribution is -2.21. The Morgan fingerprint density at radius 3 is 2.59 bits per heavy atom. The van der Waals surface area contributed by atoms with E-state index in [1.807, 2.05) is 11.9 Å². The second-order valence-electron chi connectivity index (χ2n) is 3.74. The van der Waals surface area contributed by atoms with Crippen LogP contribution in [0.1, 0.15) is 18.0 Å². The zero-order valence-corrected chi connectivity index (χ0v) is 9.63. The molecule has 0 aliphatic carbocycles. The highest BCUT2D eigenvalue weighted by atomic mass is 16.4. The molecule has 0 saturated heterocycles. The Kier molecular flexibility index (Phi) is 4.49. The van der Waals surface area contributed by atoms with Crippen molar-refractivity contribution >= 4 is 11.7 Å². The van der Waals surface area contributed by atoms with Crippen LogP contribution >= 0.6 is 0 Å². The summed E-state index contributed by atoms with van der Waals surface area (Å²) in [6, 6.07) is 8.07. The van der Waals surface area contributed by atoms with E-state index >= 15 is 0 Å². The van der Waals surface area contributed by atoms with Crippen molar-refractivity contribution in [3.63, 3.8) is 0 Å². The van der Waals surface area contributed by atoms with Gasteiger partial charge in [-0.05, 0) is 17.7 Å². The van der Waals surface area contributed by atoms with Crippen LogP contribution in [0, 0.1) is 11.3 Å². The highest BCUT2D eigenvalue weighted by molar-refractivity contribution is 5.75. The number of hydrogen-bond donors (Lipinski definition) is 2. The number of nitrogens with zero attached hydrogens (tertiary/aromatic N) is 2. The molecule has 0 radical (unpaired) electrons. The molecule has 3 N–H and O–H groups in total. The maximum Gasteiger partial charge on any atom is 0.325 e. The summed E-state index contributed by atoms with van der Waals surface area (Å²) in [6.45, 7) is 0.640. The maximum atomic E-state index is 10.7. The van der Waals surface area contributed by atoms with Gasteiger partial charge >= 0.3 is 5.97 Å². The van der Waals surface area contributed by atoms with E-state index in [9.17, 15) is 4.79 Å². The molecule has 17 heavy (non-hydrogen) atoms. The molecule has 1 aromatic carbocycles. The minimum Gasteiger partial charge on any atom is -0.480 e. The molecule has 0 unspecified atom stereocenters. The number of nitriles is 1. The quantitative estimate of drug-likeness (QED) is 0.795. The number of aliphatic carboxylic acids is 1. The summed E-state index contributed by atoms with van der Waals surface area (Å²) in [5, 5.41) is 17.2. The molecular weight excluding hydrogens is 218 g/mol. The van der Waals surface area contributed by atoms with Crippen LogP contribution in [0.15, 0.2) is 24.3 Å². The molecular formula is C12H15N3O2. The van der Waals surface area contributed by atoms with E-state index in [-0.39, 0.29) is 0 Å². The number of benzene rings is 1. The highest BCUT2D eigenvalue weighted by Gasteiger charge is 2.13. The van der Waals surface area contributed by atoms with Gasteiger partial charge in [0.25, 0.3) is 0 Å². The minimum absolute atomic E-state index is 0.451. The van der Waals surface area contributed by atoms with Crippen molar-refractivity contribution in [2.75, 3.05) is 18.5 Å². The fraction of sp³-hybridized carbons (Fsp3) is 0.333. The molecule has 0 aromatic heterocycles. The molecule has 0 bridgehead atoms. The lowest BCUT2D eigenvalue weighted by Gasteiger charge is -2.18. The van der Waals surface area contributed by atoms with Gasteiger partial charge in [0.15, 0.2) is 0 Å². The third-order valence-electron chi connectivity index (χ3n) is 2.52. The van der Waals surface area contributed by atoms with Crippen molar-refractivity contribution < 1.29 is 9.90 Å². The molecule has 1 aromatic rings. The molecule has 5 heteroatoms. The number of rotatable bonds is 5. The monoisotopic (exact) mass is 233 g/mol. The van der Waals surface area contributed by atoms with Crippen molar-refractivity contribution in [1.82, 2.24) is 0 Å². The van der Waals surface area contributed by atoms with E-state index in [4.69, 9.17) is 16.1 Å². The molecule has 1 atom stereocenters. The van der Waals surface area contributed by atoms with Crippen LogP contribution in [0.25, 0.3) is 0 Å². The van der Waals surface area contributed by atoms with Crippen molar-refractivity contribution in [2.24, 2.45) is 5.73 Å². The number of carboxylic acids is 1. The first-order chi connectivity index (χ1) is 8.06. The van der Waals surface area contributed by atoms with Gasteiger partial charge in [-0.3, -0.25) is 4.79 Å². The largest absolute Gasteiger partial charge is 0.480 e. The van der Waals surface area contributed by atoms with Crippen molar-refractivity contribution in [1.29, 1.82) is 5.26 Å². The third kappa shape index (κ3) is 3.47. The smallest absolute Gasteiger partial charge is 0.325 e. The zero-order valence-electron chi connectivity index (χ0n) is 9.63. The summed E-state index contributed by atoms with van der Waals surface area (Å²) < 4.78 is 0. The van der Waals surface area contributed by atoms with Gasteiger partial charge in [0, 0.05) is 19.3 Å². The topological polar surface area (TPSA) is 90.4 Å². The van der Waals surface area contributed by atoms with E-state index in [2.05, 4.69) is 6.07 Å². The molecule has 90 valence electrons. The van der Waals surface area contributed by atoms with Crippen LogP contribution < -0.4 is 10.6 Å². The lowest BCUT2D eigenvalue weighted by atomic mass is 10.1. The molecule has 0 saturated carbocycles. The van der Waals surface area contributed by atoms with Gasteiger partial charge in [-0.2, -0.15) is 5.26 Å². The lowest BCUT2D eigenvalue weighted by molar-refractivity contribution is -0.138. The standard InChI is InChI=1S/C12H15N3O2/c1-15(8-2-7-13)10-5-3-9(4-6-10)11(14)12(16)17/h3-6,11H,2,8,14H2,1H3,(H,16,17)/t11-/m0/s1. The molecule has 0 heterocycles. The van der Waals surface area contributed by atoms with E-state index in [1.165, 1.54) is 0 Å². The van der Waals surface area contributed by atoms with Gasteiger partial charge in [0.05, 0.1) is 12.5 Å². The summed E-state index contributed by atoms with van der Waals surface area (Å²) in [6.07, 6.45) is 0.451. The minimum atomic E-state index is -1.05. The molecule has 1 rings (SSSR count). The molecule has 5 nitrogen and oxygen atoms in total. The molecule has 0 aliphatic heterocycles. The Morgan fingerprint density at radius 1 is 1.53 bits per heavy atom. The first-order valence-corrected chi connectivity index (χ1v) is 5.22. The van der Waals surface area contributed by atoms with Crippen molar-refractivity contribution in [3.8, 4) is 6.07 Å². The van der Waals surface area contributed by atoms with Gasteiger partial charge in [-0.25, -0.2) is 0 Å². The van der Waals surface area contributed by atoms with Crippen molar-refractivity contribution in [3.05, 3.63) is 29.8 Å². The summed E-state index contributed by atoms with van der Waals surface area (Å²) in [7, 11) is 1.88. The Balaban J connectivity index is 2.74. The first-order valence-electron chi connectivity index (χ1n) is 5.22. The van der Waals surface area contributed by atoms with Crippen LogP contribution in [-0.2, 0) is 4.79 Å². The number of anilines is 1. The fourth-order valence-electron chi connectivity index (χ4n) is 1.43. The summed E-state index contributed by atoms with van der Waals surface area (Å²) in [5.74, 6) is -1.05. The normalized spacial score (nSPS) is 11.6. The number of hydrogen-bond acceptors (Lipinski definition) is 4. The average Bonchev–Trinajstić information content (AvgIpc) is 2.35. The summed E-state index contributed by atoms with van der Waals surface area (Å²) in [4.78, 5) is 12.6. The third-order valence-corrected chi connectivity index (χ3v) is 2.52. The summed E-state index contributed by atoms with van der Waals surface area (Å²) >= 11 is 0. The molecule has 0 amide bonds. The zero-order chi connectivity index (χ0) is 12.8. The van der Waals surface area contributed by atoms with Gasteiger partial charge < -0.3 is 15.7 Å². The number of nitrogens with two attached hydrogens (primary N) is 1. The Morgan fingerprint density at radius 2 is 2.12 bits per heavy atom. The average molecular weight is 233 g/mol. The van der Waals surface area contributed by atoms with E-state index in [0.717, 1.165) is 5.69 Å². The molecule has 0 fully saturated rings. The molecule has 0 aliphatic rings. The maximum absolute atomic E-state index is 10.7. The van der Waals surface area contributed by atoms with Crippen LogP contribution in [-0.4, -0.2) is 24.7 Å². The SMILES string of the molecule is CN(CCC#N)c1ccc([C@H](N)C(=O)O)cc1. The van der Waals surface area contributed by atoms with Crippen LogP contribution in [0.3, 0.4) is 0 Å². The fourth-order valence-corrected chi connectivity index (χ4v) is 1.43. The van der Waals surface area contributed by atoms with Crippen LogP contribution in [0.5, 0.6) is 0 Å². The Hall–Kier alpha value is -2.06. The number of carbonyl (C=O) groups is 1. The summed E-state index contributed by atoms with van der Waals surface area (Å²) in [5.41, 5.74) is 6.98. The van der Waals surface area contributed by atoms with Gasteiger partial charge in [-0.15, -0.1) is 0 Å². The predicted molar refractivity (Wildman–Crippen MR) is 64.5 cm³/mol. The van der Waals surface area contributed by atoms with Gasteiger partial charge in [-0.1, -0.05) is 12.1 Å². The van der Waals surface area contributed by atoms with E-state index < -0.39 is 12.0 Å². The van der Waals surface area contributed by atoms with Crippen molar-refractivity contribution in [2.45, 2.75) is 12.5 Å². The van der Waals surface area contributed by atoms with Crippen LogP contribution in [0.4, 0.5) is 5.69 Å². The number of carboxylic acid groups (broad SMARTS) is 1.